The maximum absolute atomic E-state index is 13.3. The molecule has 0 saturated carbocycles. The number of nitrogens with zero attached hydrogens (tertiary/aromatic N) is 3. The summed E-state index contributed by atoms with van der Waals surface area (Å²) in [5, 5.41) is 3.61. The van der Waals surface area contributed by atoms with Crippen LogP contribution in [0.5, 0.6) is 0 Å². The van der Waals surface area contributed by atoms with E-state index in [1.807, 2.05) is 0 Å². The first-order valence-electron chi connectivity index (χ1n) is 13.0. The molecule has 12 nitrogen and oxygen atoms in total. The molecule has 1 aliphatic heterocycles. The molecule has 3 aromatic carbocycles. The van der Waals surface area contributed by atoms with E-state index in [-0.39, 0.29) is 26.4 Å². The number of carbonyl (C=O) groups is 3. The Hall–Kier alpha value is -4.98. The van der Waals surface area contributed by atoms with E-state index in [1.54, 1.807) is 42.5 Å². The van der Waals surface area contributed by atoms with Crippen molar-refractivity contribution in [3.63, 3.8) is 0 Å². The molecule has 0 spiro atoms. The van der Waals surface area contributed by atoms with Gasteiger partial charge in [-0.15, -0.1) is 0 Å². The van der Waals surface area contributed by atoms with Crippen LogP contribution in [0, 0.1) is 4.64 Å². The van der Waals surface area contributed by atoms with Gasteiger partial charge in [0.05, 0.1) is 16.7 Å². The number of benzene rings is 3. The number of hydrogen-bond acceptors (Lipinski definition) is 10. The topological polar surface area (TPSA) is 161 Å². The van der Waals surface area contributed by atoms with E-state index in [1.165, 1.54) is 54.7 Å². The van der Waals surface area contributed by atoms with E-state index < -0.39 is 54.4 Å². The van der Waals surface area contributed by atoms with Gasteiger partial charge >= 0.3 is 23.6 Å². The summed E-state index contributed by atoms with van der Waals surface area (Å²) < 4.78 is 24.1. The Labute approximate surface area is 259 Å². The van der Waals surface area contributed by atoms with Crippen molar-refractivity contribution in [3.8, 4) is 0 Å². The minimum Gasteiger partial charge on any atom is -0.709 e. The monoisotopic (exact) mass is 633 g/mol. The molecule has 1 aliphatic rings. The lowest BCUT2D eigenvalue weighted by molar-refractivity contribution is -0.129. The molecule has 14 heteroatoms. The van der Waals surface area contributed by atoms with Gasteiger partial charge in [0, 0.05) is 11.2 Å². The van der Waals surface area contributed by atoms with Crippen LogP contribution in [-0.2, 0) is 18.9 Å². The van der Waals surface area contributed by atoms with Gasteiger partial charge in [-0.05, 0) is 48.5 Å². The van der Waals surface area contributed by atoms with E-state index in [0.717, 1.165) is 4.57 Å². The highest BCUT2D eigenvalue weighted by Gasteiger charge is 2.60. The highest BCUT2D eigenvalue weighted by Crippen LogP contribution is 2.42. The van der Waals surface area contributed by atoms with Crippen LogP contribution in [0.25, 0.3) is 5.53 Å². The molecule has 4 aromatic rings. The zero-order valence-electron chi connectivity index (χ0n) is 22.6. The highest BCUT2D eigenvalue weighted by molar-refractivity contribution is 7.71. The van der Waals surface area contributed by atoms with Gasteiger partial charge in [0.1, 0.15) is 11.2 Å². The largest absolute Gasteiger partial charge is 0.709 e. The number of aromatic nitrogens is 2. The van der Waals surface area contributed by atoms with Crippen molar-refractivity contribution in [1.82, 2.24) is 9.55 Å². The number of carbonyl (C=O) groups excluding carboxylic acids is 3. The lowest BCUT2D eigenvalue weighted by atomic mass is 10.0. The molecule has 0 radical (unpaired) electrons. The Bertz CT molecular complexity index is 1820. The first kappa shape index (κ1) is 30.5. The first-order chi connectivity index (χ1) is 21.2. The van der Waals surface area contributed by atoms with Crippen LogP contribution in [0.3, 0.4) is 0 Å². The van der Waals surface area contributed by atoms with Crippen molar-refractivity contribution in [2.45, 2.75) is 24.2 Å². The summed E-state index contributed by atoms with van der Waals surface area (Å²) in [7, 11) is 0. The minimum absolute atomic E-state index is 0.0666. The third kappa shape index (κ3) is 6.49. The average molecular weight is 634 g/mol. The molecule has 1 aromatic heterocycles. The van der Waals surface area contributed by atoms with Crippen molar-refractivity contribution >= 4 is 41.7 Å². The van der Waals surface area contributed by atoms with Gasteiger partial charge in [-0.2, -0.15) is 0 Å². The molecule has 1 N–H and O–H groups in total. The molecule has 1 saturated heterocycles. The summed E-state index contributed by atoms with van der Waals surface area (Å²) in [5.41, 5.74) is 7.53. The molecule has 0 aliphatic carbocycles. The Morgan fingerprint density at radius 3 is 2.11 bits per heavy atom. The van der Waals surface area contributed by atoms with Gasteiger partial charge < -0.3 is 29.6 Å². The first-order valence-corrected chi connectivity index (χ1v) is 13.8. The molecule has 1 unspecified atom stereocenters. The number of nitrogens with one attached hydrogen (secondary N) is 1. The maximum atomic E-state index is 13.3. The minimum atomic E-state index is -2.38. The molecule has 44 heavy (non-hydrogen) atoms. The Morgan fingerprint density at radius 2 is 1.52 bits per heavy atom. The number of esters is 3. The molecule has 0 bridgehead atoms. The van der Waals surface area contributed by atoms with E-state index in [2.05, 4.69) is 10.1 Å². The average Bonchev–Trinajstić information content (AvgIpc) is 3.33. The van der Waals surface area contributed by atoms with Gasteiger partial charge in [0.25, 0.3) is 0 Å². The summed E-state index contributed by atoms with van der Waals surface area (Å²) in [6.45, 7) is -0.838. The van der Waals surface area contributed by atoms with Crippen molar-refractivity contribution < 1.29 is 33.3 Å². The fraction of sp³-hybridized carbons (Fsp3) is 0.167. The van der Waals surface area contributed by atoms with E-state index in [4.69, 9.17) is 42.8 Å². The highest BCUT2D eigenvalue weighted by atomic mass is 35.5. The Morgan fingerprint density at radius 1 is 0.909 bits per heavy atom. The molecule has 5 rings (SSSR count). The third-order valence-electron chi connectivity index (χ3n) is 6.61. The molecule has 2 heterocycles. The molecule has 1 fully saturated rings. The zero-order chi connectivity index (χ0) is 31.3. The van der Waals surface area contributed by atoms with Crippen molar-refractivity contribution in [3.05, 3.63) is 140 Å². The Kier molecular flexibility index (Phi) is 9.09. The van der Waals surface area contributed by atoms with E-state index in [9.17, 15) is 24.7 Å². The predicted octanol–water partition coefficient (Wildman–Crippen LogP) is 5.11. The van der Waals surface area contributed by atoms with E-state index in [0.29, 0.717) is 0 Å². The van der Waals surface area contributed by atoms with Crippen LogP contribution in [0.15, 0.2) is 107 Å². The van der Waals surface area contributed by atoms with Crippen molar-refractivity contribution in [2.24, 2.45) is 5.11 Å². The summed E-state index contributed by atoms with van der Waals surface area (Å²) in [6, 6.07) is 23.0. The van der Waals surface area contributed by atoms with Crippen LogP contribution >= 0.6 is 23.8 Å². The molecule has 0 amide bonds. The fourth-order valence-corrected chi connectivity index (χ4v) is 4.83. The third-order valence-corrected chi connectivity index (χ3v) is 7.08. The van der Waals surface area contributed by atoms with Gasteiger partial charge in [-0.3, -0.25) is 9.55 Å². The normalized spacial score (nSPS) is 20.8. The number of H-pyrrole nitrogens is 1. The number of hydrogen-bond donors (Lipinski definition) is 1. The van der Waals surface area contributed by atoms with Gasteiger partial charge in [0.15, 0.2) is 18.4 Å². The quantitative estimate of drug-likeness (QED) is 0.114. The number of halogens is 1. The smallest absolute Gasteiger partial charge is 0.338 e. The number of rotatable bonds is 9. The van der Waals surface area contributed by atoms with Crippen LogP contribution in [0.4, 0.5) is 0 Å². The fourth-order valence-electron chi connectivity index (χ4n) is 4.49. The molecule has 4 atom stereocenters. The Balaban J connectivity index is 1.58. The lowest BCUT2D eigenvalue weighted by Crippen LogP contribution is -2.49. The van der Waals surface area contributed by atoms with Crippen molar-refractivity contribution in [2.75, 3.05) is 6.61 Å². The summed E-state index contributed by atoms with van der Waals surface area (Å²) >= 11 is 11.0. The lowest BCUT2D eigenvalue weighted by Gasteiger charge is -2.32. The van der Waals surface area contributed by atoms with Crippen LogP contribution in [0.1, 0.15) is 37.3 Å². The summed E-state index contributed by atoms with van der Waals surface area (Å²) in [6.07, 6.45) is -3.66. The SMILES string of the molecule is [N-]=N[C@]1(COC(=O)c2cccc(Cl)c2)O[C@@H](n2ccc(=S)[nH]c2=O)[C@@H](OC(=O)c2ccccc2)C1OC(=O)c1ccccc1. The molecule has 224 valence electrons. The second kappa shape index (κ2) is 13.1. The number of ether oxygens (including phenoxy) is 4. The van der Waals surface area contributed by atoms with Crippen LogP contribution in [-0.4, -0.2) is 52.0 Å². The molecular formula is C30H22ClN4O8S-. The van der Waals surface area contributed by atoms with Gasteiger partial charge in [-0.1, -0.05) is 66.3 Å². The number of aromatic amines is 1. The van der Waals surface area contributed by atoms with Crippen molar-refractivity contribution in [1.29, 1.82) is 0 Å². The van der Waals surface area contributed by atoms with Gasteiger partial charge in [0.2, 0.25) is 5.72 Å². The summed E-state index contributed by atoms with van der Waals surface area (Å²) in [4.78, 5) is 54.9. The second-order valence-electron chi connectivity index (χ2n) is 9.49. The molecular weight excluding hydrogens is 612 g/mol. The maximum Gasteiger partial charge on any atom is 0.338 e. The van der Waals surface area contributed by atoms with E-state index >= 15 is 0 Å². The van der Waals surface area contributed by atoms with Crippen LogP contribution < -0.4 is 5.69 Å². The second-order valence-corrected chi connectivity index (χ2v) is 10.4. The van der Waals surface area contributed by atoms with Crippen LogP contribution in [0.2, 0.25) is 5.02 Å². The van der Waals surface area contributed by atoms with Gasteiger partial charge in [-0.25, -0.2) is 19.2 Å². The summed E-state index contributed by atoms with van der Waals surface area (Å²) in [5.74, 6) is -2.66. The predicted molar refractivity (Wildman–Crippen MR) is 158 cm³/mol. The standard InChI is InChI=1S/C30H22ClN4O8S/c31-21-13-7-12-20(16-21)26(36)40-17-30(34-32)24(42-28(38)19-10-5-2-6-11-19)23(41-27(37)18-8-3-1-4-9-18)25(43-30)35-15-14-22(44)33-29(35)39/h1-16,23-25H,17H2,(H,33,39,44)/q-1/t23-,24?,25+,30+/m0/s1. The zero-order valence-corrected chi connectivity index (χ0v) is 24.1.